The molecule has 5 aromatic carbocycles. The molecule has 0 fully saturated rings. The molecule has 0 saturated heterocycles. The molecule has 47 heavy (non-hydrogen) atoms. The Morgan fingerprint density at radius 1 is 0.681 bits per heavy atom. The first-order valence-electron chi connectivity index (χ1n) is 14.4. The lowest BCUT2D eigenvalue weighted by Gasteiger charge is -2.18. The van der Waals surface area contributed by atoms with Gasteiger partial charge in [0.05, 0.1) is 5.56 Å². The summed E-state index contributed by atoms with van der Waals surface area (Å²) in [5.74, 6) is -3.18. The number of anilines is 2. The van der Waals surface area contributed by atoms with Gasteiger partial charge in [0, 0.05) is 27.4 Å². The third kappa shape index (κ3) is 8.80. The molecule has 0 bridgehead atoms. The molecular weight excluding hydrogens is 617 g/mol. The summed E-state index contributed by atoms with van der Waals surface area (Å²) in [7, 11) is 0. The number of carbonyl (C=O) groups is 4. The largest absolute Gasteiger partial charge is 0.478 e. The van der Waals surface area contributed by atoms with E-state index >= 15 is 0 Å². The Morgan fingerprint density at radius 3 is 2.02 bits per heavy atom. The zero-order valence-corrected chi connectivity index (χ0v) is 25.5. The highest BCUT2D eigenvalue weighted by atomic mass is 32.2. The number of hydrogen-bond donors (Lipinski definition) is 4. The number of benzene rings is 5. The van der Waals surface area contributed by atoms with Crippen molar-refractivity contribution in [2.24, 2.45) is 0 Å². The average molecular weight is 646 g/mol. The maximum absolute atomic E-state index is 14.5. The Bertz CT molecular complexity index is 1930. The first-order chi connectivity index (χ1) is 22.8. The maximum Gasteiger partial charge on any atom is 0.335 e. The van der Waals surface area contributed by atoms with E-state index in [0.29, 0.717) is 21.8 Å². The fourth-order valence-electron chi connectivity index (χ4n) is 4.48. The fourth-order valence-corrected chi connectivity index (χ4v) is 5.56. The lowest BCUT2D eigenvalue weighted by atomic mass is 10.1. The standard InChI is InChI=1S/C37H28FN3O5S/c38-31-17-8-7-14-27(31)22-32(41-34(42)25-12-5-2-6-13-25)35(43)40-29-15-9-16-30(23-29)47-33(24-10-3-1-4-11-24)36(44)39-28-20-18-26(19-21-28)37(45)46/h1-23,33H,(H,39,44)(H,40,43)(H,41,42)(H,45,46)/b32-22-. The van der Waals surface area contributed by atoms with Crippen LogP contribution in [0.4, 0.5) is 15.8 Å². The van der Waals surface area contributed by atoms with Gasteiger partial charge in [-0.25, -0.2) is 9.18 Å². The number of nitrogens with one attached hydrogen (secondary N) is 3. The van der Waals surface area contributed by atoms with Crippen molar-refractivity contribution in [3.05, 3.63) is 167 Å². The van der Waals surface area contributed by atoms with Gasteiger partial charge < -0.3 is 21.1 Å². The Labute approximate surface area is 274 Å². The minimum absolute atomic E-state index is 0.0994. The van der Waals surface area contributed by atoms with E-state index in [0.717, 1.165) is 5.56 Å². The van der Waals surface area contributed by atoms with Crippen molar-refractivity contribution in [3.8, 4) is 0 Å². The van der Waals surface area contributed by atoms with Crippen molar-refractivity contribution >= 4 is 52.9 Å². The maximum atomic E-state index is 14.5. The predicted molar refractivity (Wildman–Crippen MR) is 180 cm³/mol. The smallest absolute Gasteiger partial charge is 0.335 e. The highest BCUT2D eigenvalue weighted by Gasteiger charge is 2.23. The van der Waals surface area contributed by atoms with Crippen LogP contribution in [0.1, 0.15) is 37.1 Å². The first-order valence-corrected chi connectivity index (χ1v) is 15.2. The van der Waals surface area contributed by atoms with E-state index in [1.165, 1.54) is 60.3 Å². The van der Waals surface area contributed by atoms with Crippen LogP contribution in [-0.4, -0.2) is 28.8 Å². The van der Waals surface area contributed by atoms with E-state index in [1.54, 1.807) is 60.7 Å². The van der Waals surface area contributed by atoms with Crippen molar-refractivity contribution < 1.29 is 28.7 Å². The van der Waals surface area contributed by atoms with Crippen LogP contribution in [0.5, 0.6) is 0 Å². The van der Waals surface area contributed by atoms with E-state index in [1.807, 2.05) is 30.3 Å². The van der Waals surface area contributed by atoms with E-state index in [9.17, 15) is 28.7 Å². The molecule has 3 amide bonds. The quantitative estimate of drug-likeness (QED) is 0.0876. The molecule has 0 spiro atoms. The van der Waals surface area contributed by atoms with Crippen LogP contribution in [0, 0.1) is 5.82 Å². The topological polar surface area (TPSA) is 125 Å². The van der Waals surface area contributed by atoms with Crippen LogP contribution in [0.15, 0.2) is 144 Å². The molecular formula is C37H28FN3O5S. The number of carbonyl (C=O) groups excluding carboxylic acids is 3. The van der Waals surface area contributed by atoms with Gasteiger partial charge >= 0.3 is 5.97 Å². The molecule has 0 aliphatic rings. The number of thioether (sulfide) groups is 1. The SMILES string of the molecule is O=C(Nc1cccc(SC(C(=O)Nc2ccc(C(=O)O)cc2)c2ccccc2)c1)/C(=C/c1ccccc1F)NC(=O)c1ccccc1. The van der Waals surface area contributed by atoms with Gasteiger partial charge in [-0.1, -0.05) is 72.8 Å². The molecule has 10 heteroatoms. The number of amides is 3. The van der Waals surface area contributed by atoms with Crippen molar-refractivity contribution in [2.45, 2.75) is 10.1 Å². The molecule has 234 valence electrons. The molecule has 5 aromatic rings. The van der Waals surface area contributed by atoms with E-state index in [-0.39, 0.29) is 22.7 Å². The molecule has 1 unspecified atom stereocenters. The summed E-state index contributed by atoms with van der Waals surface area (Å²) in [5.41, 5.74) is 1.91. The summed E-state index contributed by atoms with van der Waals surface area (Å²) in [4.78, 5) is 51.8. The average Bonchev–Trinajstić information content (AvgIpc) is 3.09. The second kappa shape index (κ2) is 15.3. The Kier molecular flexibility index (Phi) is 10.6. The molecule has 0 aromatic heterocycles. The lowest BCUT2D eigenvalue weighted by molar-refractivity contribution is -0.116. The first kappa shape index (κ1) is 32.4. The van der Waals surface area contributed by atoms with Crippen LogP contribution < -0.4 is 16.0 Å². The highest BCUT2D eigenvalue weighted by Crippen LogP contribution is 2.37. The van der Waals surface area contributed by atoms with Gasteiger partial charge in [-0.3, -0.25) is 14.4 Å². The summed E-state index contributed by atoms with van der Waals surface area (Å²) in [5, 5.41) is 16.7. The summed E-state index contributed by atoms with van der Waals surface area (Å²) in [6.07, 6.45) is 1.27. The zero-order chi connectivity index (χ0) is 33.2. The second-order valence-electron chi connectivity index (χ2n) is 10.2. The van der Waals surface area contributed by atoms with E-state index in [4.69, 9.17) is 0 Å². The van der Waals surface area contributed by atoms with Crippen molar-refractivity contribution in [1.29, 1.82) is 0 Å². The number of halogens is 1. The van der Waals surface area contributed by atoms with E-state index < -0.39 is 28.9 Å². The molecule has 4 N–H and O–H groups in total. The van der Waals surface area contributed by atoms with Gasteiger partial charge in [0.25, 0.3) is 11.8 Å². The summed E-state index contributed by atoms with van der Waals surface area (Å²) >= 11 is 1.25. The summed E-state index contributed by atoms with van der Waals surface area (Å²) in [6.45, 7) is 0. The number of aromatic carboxylic acids is 1. The Balaban J connectivity index is 1.37. The van der Waals surface area contributed by atoms with Gasteiger partial charge in [-0.05, 0) is 72.3 Å². The minimum Gasteiger partial charge on any atom is -0.478 e. The molecule has 0 radical (unpaired) electrons. The molecule has 1 atom stereocenters. The van der Waals surface area contributed by atoms with Crippen LogP contribution in [0.25, 0.3) is 6.08 Å². The summed E-state index contributed by atoms with van der Waals surface area (Å²) < 4.78 is 14.5. The fraction of sp³-hybridized carbons (Fsp3) is 0.0270. The number of carboxylic acids is 1. The van der Waals surface area contributed by atoms with Crippen LogP contribution in [0.3, 0.4) is 0 Å². The normalized spacial score (nSPS) is 11.6. The second-order valence-corrected chi connectivity index (χ2v) is 11.3. The molecule has 0 aliphatic heterocycles. The zero-order valence-electron chi connectivity index (χ0n) is 24.7. The Hall–Kier alpha value is -6.00. The van der Waals surface area contributed by atoms with Gasteiger partial charge in [0.15, 0.2) is 0 Å². The van der Waals surface area contributed by atoms with Crippen molar-refractivity contribution in [1.82, 2.24) is 5.32 Å². The van der Waals surface area contributed by atoms with Gasteiger partial charge in [-0.2, -0.15) is 0 Å². The lowest BCUT2D eigenvalue weighted by Crippen LogP contribution is -2.30. The minimum atomic E-state index is -1.07. The molecule has 0 aliphatic carbocycles. The highest BCUT2D eigenvalue weighted by molar-refractivity contribution is 8.00. The molecule has 8 nitrogen and oxygen atoms in total. The molecule has 0 saturated carbocycles. The third-order valence-electron chi connectivity index (χ3n) is 6.82. The van der Waals surface area contributed by atoms with E-state index in [2.05, 4.69) is 16.0 Å². The summed E-state index contributed by atoms with van der Waals surface area (Å²) in [6, 6.07) is 36.1. The van der Waals surface area contributed by atoms with Crippen LogP contribution in [0.2, 0.25) is 0 Å². The van der Waals surface area contributed by atoms with Gasteiger partial charge in [0.2, 0.25) is 5.91 Å². The molecule has 5 rings (SSSR count). The van der Waals surface area contributed by atoms with Crippen LogP contribution in [-0.2, 0) is 9.59 Å². The van der Waals surface area contributed by atoms with Crippen molar-refractivity contribution in [2.75, 3.05) is 10.6 Å². The molecule has 0 heterocycles. The number of rotatable bonds is 11. The Morgan fingerprint density at radius 2 is 1.34 bits per heavy atom. The van der Waals surface area contributed by atoms with Gasteiger partial charge in [0.1, 0.15) is 16.8 Å². The third-order valence-corrected chi connectivity index (χ3v) is 8.07. The number of carboxylic acid groups (broad SMARTS) is 1. The monoisotopic (exact) mass is 645 g/mol. The van der Waals surface area contributed by atoms with Gasteiger partial charge in [-0.15, -0.1) is 11.8 Å². The van der Waals surface area contributed by atoms with Crippen LogP contribution >= 0.6 is 11.8 Å². The predicted octanol–water partition coefficient (Wildman–Crippen LogP) is 7.41. The number of hydrogen-bond acceptors (Lipinski definition) is 5. The van der Waals surface area contributed by atoms with Crippen molar-refractivity contribution in [3.63, 3.8) is 0 Å².